The number of carbonyl (C=O) groups excluding carboxylic acids is 2. The minimum absolute atomic E-state index is 0.0515. The molecule has 0 fully saturated rings. The number of allylic oxidation sites excluding steroid dienone is 1. The number of rotatable bonds is 11. The highest BCUT2D eigenvalue weighted by Gasteiger charge is 2.33. The molecule has 0 saturated heterocycles. The highest BCUT2D eigenvalue weighted by Crippen LogP contribution is 2.29. The molecule has 2 amide bonds. The number of amides is 2. The van der Waals surface area contributed by atoms with Crippen molar-refractivity contribution in [3.8, 4) is 17.2 Å². The fourth-order valence-electron chi connectivity index (χ4n) is 6.21. The third-order valence-corrected chi connectivity index (χ3v) is 10.2. The lowest BCUT2D eigenvalue weighted by Crippen LogP contribution is -2.38. The van der Waals surface area contributed by atoms with E-state index in [0.29, 0.717) is 45.8 Å². The van der Waals surface area contributed by atoms with Gasteiger partial charge in [-0.3, -0.25) is 29.7 Å². The average molecular weight is 988 g/mol. The van der Waals surface area contributed by atoms with Crippen molar-refractivity contribution < 1.29 is 24.0 Å². The molecule has 1 aromatic carbocycles. The minimum Gasteiger partial charge on any atom is -0.458 e. The topological polar surface area (TPSA) is 282 Å². The van der Waals surface area contributed by atoms with Gasteiger partial charge < -0.3 is 56.9 Å². The highest BCUT2D eigenvalue weighted by molar-refractivity contribution is 6.29. The van der Waals surface area contributed by atoms with Gasteiger partial charge in [-0.05, 0) is 66.7 Å². The number of pyridine rings is 5. The normalized spacial score (nSPS) is 13.8. The molecule has 1 aliphatic carbocycles. The number of benzene rings is 1. The predicted molar refractivity (Wildman–Crippen MR) is 277 cm³/mol. The number of likely N-dealkylation sites (N-methyl/N-ethyl adjacent to an activating group) is 1. The summed E-state index contributed by atoms with van der Waals surface area (Å²) >= 11 is 5.38. The number of nitrogens with two attached hydrogens (primary N) is 2. The quantitative estimate of drug-likeness (QED) is 0.0369. The Labute approximate surface area is 415 Å². The van der Waals surface area contributed by atoms with Crippen LogP contribution in [0.4, 0.5) is 40.1 Å². The highest BCUT2D eigenvalue weighted by atomic mass is 35.5. The van der Waals surface area contributed by atoms with E-state index in [1.54, 1.807) is 76.1 Å². The summed E-state index contributed by atoms with van der Waals surface area (Å²) in [7, 11) is 14.7. The number of nitro groups is 1. The van der Waals surface area contributed by atoms with Gasteiger partial charge in [0, 0.05) is 93.0 Å². The van der Waals surface area contributed by atoms with Crippen molar-refractivity contribution in [3.63, 3.8) is 0 Å². The fraction of sp³-hybridized carbons (Fsp3) is 0.208. The van der Waals surface area contributed by atoms with Gasteiger partial charge in [0.15, 0.2) is 5.96 Å². The number of anilines is 6. The maximum Gasteiger partial charge on any atom is 0.287 e. The van der Waals surface area contributed by atoms with Gasteiger partial charge in [0.2, 0.25) is 0 Å². The standard InChI is InChI=1S/C22H25N7O2.C14H16N4O2.C7H11N3.C5H3ClN2O2/c1-23-21(30)18-12-16(9-10-24-18)31-15-6-7-19-17(11-15)27-22(29(19)4)26-14-5-8-20(25-13-14)28(2)3;1-16-12-4-3-9(7-11(12)15)20-10-5-6-18-13(8-10)14(19)17-2;1-10(2)7-4-3-6(8)5-9-7;6-5-2-1-4(3-7-5)8(9)10/h5-13,17,19H,1-4H3,(H,23,30)(H,26,27);3-8,16H,15H2,1-2H3,(H,17,19);3-5H,8H2,1-2H3;1-3H. The van der Waals surface area contributed by atoms with Gasteiger partial charge >= 0.3 is 0 Å². The number of carbonyl (C=O) groups is 2. The van der Waals surface area contributed by atoms with Crippen molar-refractivity contribution in [2.75, 3.05) is 88.3 Å². The summed E-state index contributed by atoms with van der Waals surface area (Å²) in [6, 6.07) is 22.3. The molecule has 0 spiro atoms. The Morgan fingerprint density at radius 1 is 0.746 bits per heavy atom. The van der Waals surface area contributed by atoms with Gasteiger partial charge in [-0.2, -0.15) is 0 Å². The number of guanidine groups is 1. The number of aromatic nitrogens is 5. The van der Waals surface area contributed by atoms with Crippen LogP contribution in [0, 0.1) is 10.1 Å². The first-order valence-corrected chi connectivity index (χ1v) is 21.9. The molecule has 2 unspecified atom stereocenters. The SMILES string of the molecule is CN(C)c1ccc(N)cn1.CNC(=O)c1cc(OC2=CC3N=C(Nc4ccc(N(C)C)nc4)N(C)C3C=C2)ccn1.CNC(=O)c1cc(Oc2ccc(NC)c(N)c2)ccn1.O=[N+]([O-])c1ccc(Cl)nc1. The van der Waals surface area contributed by atoms with Crippen LogP contribution in [0.3, 0.4) is 0 Å². The number of nitrogens with zero attached hydrogens (tertiary/aromatic N) is 10. The first-order chi connectivity index (χ1) is 34.0. The summed E-state index contributed by atoms with van der Waals surface area (Å²) in [4.78, 5) is 63.6. The van der Waals surface area contributed by atoms with Crippen molar-refractivity contribution >= 4 is 69.4 Å². The molecule has 0 bridgehead atoms. The molecular formula is C48H55ClN16O6. The maximum atomic E-state index is 11.8. The van der Waals surface area contributed by atoms with E-state index in [1.165, 1.54) is 18.3 Å². The molecule has 0 radical (unpaired) electrons. The number of aliphatic imine (C=N–C) groups is 1. The van der Waals surface area contributed by atoms with Crippen molar-refractivity contribution in [1.82, 2.24) is 40.5 Å². The Hall–Kier alpha value is -9.05. The number of ether oxygens (including phenoxy) is 2. The predicted octanol–water partition coefficient (Wildman–Crippen LogP) is 6.12. The third-order valence-electron chi connectivity index (χ3n) is 9.95. The largest absolute Gasteiger partial charge is 0.458 e. The van der Waals surface area contributed by atoms with Gasteiger partial charge in [-0.1, -0.05) is 17.7 Å². The summed E-state index contributed by atoms with van der Waals surface area (Å²) in [5.41, 5.74) is 14.9. The molecule has 8 rings (SSSR count). The van der Waals surface area contributed by atoms with Crippen molar-refractivity contribution in [3.05, 3.63) is 160 Å². The summed E-state index contributed by atoms with van der Waals surface area (Å²) in [5, 5.41) is 21.7. The van der Waals surface area contributed by atoms with Crippen LogP contribution in [0.1, 0.15) is 21.0 Å². The molecule has 22 nitrogen and oxygen atoms in total. The van der Waals surface area contributed by atoms with Gasteiger partial charge in [-0.25, -0.2) is 19.9 Å². The Kier molecular flexibility index (Phi) is 18.9. The summed E-state index contributed by atoms with van der Waals surface area (Å²) < 4.78 is 11.6. The molecule has 71 heavy (non-hydrogen) atoms. The summed E-state index contributed by atoms with van der Waals surface area (Å²) in [6.45, 7) is 0. The number of nitrogen functional groups attached to an aromatic ring is 2. The van der Waals surface area contributed by atoms with Crippen molar-refractivity contribution in [1.29, 1.82) is 0 Å². The van der Waals surface area contributed by atoms with E-state index in [2.05, 4.69) is 57.2 Å². The first-order valence-electron chi connectivity index (χ1n) is 21.5. The zero-order valence-corrected chi connectivity index (χ0v) is 41.0. The monoisotopic (exact) mass is 986 g/mol. The van der Waals surface area contributed by atoms with E-state index in [0.717, 1.165) is 35.2 Å². The average Bonchev–Trinajstić information content (AvgIpc) is 3.67. The zero-order chi connectivity index (χ0) is 51.6. The van der Waals surface area contributed by atoms with Crippen LogP contribution in [0.5, 0.6) is 17.2 Å². The van der Waals surface area contributed by atoms with Crippen LogP contribution < -0.4 is 52.0 Å². The summed E-state index contributed by atoms with van der Waals surface area (Å²) in [5.74, 6) is 4.39. The number of nitrogens with one attached hydrogen (secondary N) is 4. The molecular weight excluding hydrogens is 932 g/mol. The Morgan fingerprint density at radius 2 is 1.35 bits per heavy atom. The Bertz CT molecular complexity index is 2850. The van der Waals surface area contributed by atoms with Crippen molar-refractivity contribution in [2.24, 2.45) is 4.99 Å². The molecule has 2 aliphatic rings. The second-order valence-corrected chi connectivity index (χ2v) is 15.8. The molecule has 5 aromatic heterocycles. The molecule has 8 N–H and O–H groups in total. The minimum atomic E-state index is -0.524. The Morgan fingerprint density at radius 3 is 1.86 bits per heavy atom. The molecule has 6 aromatic rings. The van der Waals surface area contributed by atoms with E-state index < -0.39 is 4.92 Å². The second kappa shape index (κ2) is 25.4. The van der Waals surface area contributed by atoms with Crippen molar-refractivity contribution in [2.45, 2.75) is 12.1 Å². The Balaban J connectivity index is 0.000000199. The summed E-state index contributed by atoms with van der Waals surface area (Å²) in [6.07, 6.45) is 13.6. The lowest BCUT2D eigenvalue weighted by Gasteiger charge is -2.25. The lowest BCUT2D eigenvalue weighted by molar-refractivity contribution is -0.385. The van der Waals surface area contributed by atoms with Gasteiger partial charge in [0.05, 0.1) is 52.2 Å². The second-order valence-electron chi connectivity index (χ2n) is 15.5. The third kappa shape index (κ3) is 15.5. The molecule has 1 aliphatic heterocycles. The van der Waals surface area contributed by atoms with Crippen LogP contribution in [0.2, 0.25) is 5.15 Å². The van der Waals surface area contributed by atoms with Gasteiger partial charge in [0.25, 0.3) is 17.5 Å². The maximum absolute atomic E-state index is 11.8. The number of fused-ring (bicyclic) bond motifs is 1. The lowest BCUT2D eigenvalue weighted by atomic mass is 10.0. The van der Waals surface area contributed by atoms with Gasteiger partial charge in [0.1, 0.15) is 57.4 Å². The van der Waals surface area contributed by atoms with E-state index in [9.17, 15) is 19.7 Å². The van der Waals surface area contributed by atoms with Crippen LogP contribution in [0.15, 0.2) is 139 Å². The van der Waals surface area contributed by atoms with Crippen LogP contribution in [-0.4, -0.2) is 121 Å². The van der Waals surface area contributed by atoms with Gasteiger partial charge in [-0.15, -0.1) is 0 Å². The smallest absolute Gasteiger partial charge is 0.287 e. The molecule has 0 saturated carbocycles. The van der Waals surface area contributed by atoms with Crippen LogP contribution in [0.25, 0.3) is 0 Å². The van der Waals surface area contributed by atoms with Crippen LogP contribution in [-0.2, 0) is 0 Å². The first kappa shape index (κ1) is 52.9. The van der Waals surface area contributed by atoms with E-state index in [4.69, 9.17) is 37.5 Å². The van der Waals surface area contributed by atoms with E-state index in [-0.39, 0.29) is 34.7 Å². The number of halogens is 1. The molecule has 2 atom stereocenters. The van der Waals surface area contributed by atoms with Crippen LogP contribution >= 0.6 is 11.6 Å². The van der Waals surface area contributed by atoms with E-state index in [1.807, 2.05) is 87.5 Å². The number of hydrogen-bond donors (Lipinski definition) is 6. The zero-order valence-electron chi connectivity index (χ0n) is 40.2. The molecule has 6 heterocycles. The fourth-order valence-corrected chi connectivity index (χ4v) is 6.32. The van der Waals surface area contributed by atoms with E-state index >= 15 is 0 Å². The molecule has 370 valence electrons. The number of hydrogen-bond acceptors (Lipinski definition) is 19. The molecule has 23 heteroatoms.